The Morgan fingerprint density at radius 1 is 1.11 bits per heavy atom. The molecule has 5 aromatic rings. The van der Waals surface area contributed by atoms with Crippen LogP contribution in [0.5, 0.6) is 0 Å². The largest absolute Gasteiger partial charge is 0.345 e. The molecule has 0 atom stereocenters. The monoisotopic (exact) mass is 496 g/mol. The van der Waals surface area contributed by atoms with Gasteiger partial charge in [-0.05, 0) is 70.3 Å². The highest BCUT2D eigenvalue weighted by molar-refractivity contribution is 7.71. The van der Waals surface area contributed by atoms with Gasteiger partial charge in [-0.15, -0.1) is 11.3 Å². The van der Waals surface area contributed by atoms with Crippen molar-refractivity contribution in [3.8, 4) is 11.3 Å². The van der Waals surface area contributed by atoms with E-state index in [1.807, 2.05) is 6.33 Å². The number of nitrogens with one attached hydrogen (secondary N) is 1. The SMILES string of the molecule is C/C(=C\CC(C)C)c1ccc2sc3c(-c4cc(C(C)(C)C)c5ccccc5c4)nc[nH]c3c2c1=S. The van der Waals surface area contributed by atoms with Crippen LogP contribution >= 0.6 is 23.6 Å². The van der Waals surface area contributed by atoms with Crippen LogP contribution in [0.1, 0.15) is 59.1 Å². The molecule has 3 aromatic carbocycles. The molecule has 2 nitrogen and oxygen atoms in total. The Hall–Kier alpha value is -2.82. The first-order valence-corrected chi connectivity index (χ1v) is 13.5. The fourth-order valence-electron chi connectivity index (χ4n) is 4.79. The highest BCUT2D eigenvalue weighted by Crippen LogP contribution is 2.41. The summed E-state index contributed by atoms with van der Waals surface area (Å²) in [5.74, 6) is 0.631. The Bertz CT molecular complexity index is 1660. The molecule has 0 aliphatic carbocycles. The first-order chi connectivity index (χ1) is 16.6. The van der Waals surface area contributed by atoms with Gasteiger partial charge in [0.15, 0.2) is 0 Å². The zero-order valence-electron chi connectivity index (χ0n) is 21.3. The Balaban J connectivity index is 1.76. The number of fused-ring (bicyclic) bond motifs is 4. The number of thiophene rings is 1. The van der Waals surface area contributed by atoms with Crippen LogP contribution < -0.4 is 0 Å². The molecule has 178 valence electrons. The van der Waals surface area contributed by atoms with Crippen LogP contribution in [-0.4, -0.2) is 9.97 Å². The lowest BCUT2D eigenvalue weighted by atomic mass is 9.82. The average Bonchev–Trinajstić information content (AvgIpc) is 3.21. The van der Waals surface area contributed by atoms with Gasteiger partial charge in [-0.1, -0.05) is 83.2 Å². The summed E-state index contributed by atoms with van der Waals surface area (Å²) in [7, 11) is 0. The molecule has 0 amide bonds. The second-order valence-electron chi connectivity index (χ2n) is 10.9. The standard InChI is InChI=1S/C31H32N2S2/c1-18(2)11-12-19(3)22-13-14-25-26(29(22)34)28-30(35-25)27(32-17-33-28)21-15-20-9-7-8-10-23(20)24(16-21)31(4,5)6/h7-10,12-18H,11H2,1-6H3,(H,32,33)/b19-12+. The maximum atomic E-state index is 6.05. The van der Waals surface area contributed by atoms with Crippen molar-refractivity contribution in [3.63, 3.8) is 0 Å². The maximum Gasteiger partial charge on any atom is 0.0931 e. The summed E-state index contributed by atoms with van der Waals surface area (Å²) in [5, 5.41) is 3.69. The minimum atomic E-state index is 0.0261. The summed E-state index contributed by atoms with van der Waals surface area (Å²) in [4.78, 5) is 8.28. The molecule has 1 N–H and O–H groups in total. The second-order valence-corrected chi connectivity index (χ2v) is 12.3. The number of aromatic amines is 1. The van der Waals surface area contributed by atoms with Crippen molar-refractivity contribution in [1.82, 2.24) is 9.97 Å². The van der Waals surface area contributed by atoms with E-state index in [-0.39, 0.29) is 5.41 Å². The zero-order chi connectivity index (χ0) is 24.9. The van der Waals surface area contributed by atoms with Crippen LogP contribution in [0.15, 0.2) is 60.9 Å². The highest BCUT2D eigenvalue weighted by Gasteiger charge is 2.20. The van der Waals surface area contributed by atoms with E-state index in [2.05, 4.69) is 101 Å². The van der Waals surface area contributed by atoms with Crippen molar-refractivity contribution in [2.24, 2.45) is 5.92 Å². The lowest BCUT2D eigenvalue weighted by Crippen LogP contribution is -2.12. The van der Waals surface area contributed by atoms with E-state index >= 15 is 0 Å². The van der Waals surface area contributed by atoms with E-state index in [0.29, 0.717) is 5.92 Å². The lowest BCUT2D eigenvalue weighted by Gasteiger charge is -2.22. The van der Waals surface area contributed by atoms with Gasteiger partial charge in [-0.2, -0.15) is 0 Å². The fraction of sp³-hybridized carbons (Fsp3) is 0.290. The maximum absolute atomic E-state index is 6.05. The van der Waals surface area contributed by atoms with Crippen LogP contribution in [0.2, 0.25) is 0 Å². The number of hydrogen-bond acceptors (Lipinski definition) is 3. The molecular formula is C31H32N2S2. The minimum absolute atomic E-state index is 0.0261. The summed E-state index contributed by atoms with van der Waals surface area (Å²) in [5.41, 5.74) is 7.02. The van der Waals surface area contributed by atoms with Gasteiger partial charge in [0.2, 0.25) is 0 Å². The topological polar surface area (TPSA) is 28.7 Å². The Morgan fingerprint density at radius 2 is 1.89 bits per heavy atom. The smallest absolute Gasteiger partial charge is 0.0931 e. The number of benzene rings is 3. The molecule has 0 bridgehead atoms. The van der Waals surface area contributed by atoms with Crippen molar-refractivity contribution >= 4 is 60.2 Å². The summed E-state index contributed by atoms with van der Waals surface area (Å²) >= 11 is 7.82. The molecule has 0 fully saturated rings. The fourth-order valence-corrected chi connectivity index (χ4v) is 6.49. The normalized spacial score (nSPS) is 12.9. The predicted octanol–water partition coefficient (Wildman–Crippen LogP) is 10.1. The zero-order valence-corrected chi connectivity index (χ0v) is 23.0. The Morgan fingerprint density at radius 3 is 2.63 bits per heavy atom. The number of nitrogens with zero attached hydrogens (tertiary/aromatic N) is 1. The van der Waals surface area contributed by atoms with Gasteiger partial charge in [-0.25, -0.2) is 4.98 Å². The molecule has 0 unspecified atom stereocenters. The second kappa shape index (κ2) is 9.00. The molecule has 5 rings (SSSR count). The third-order valence-corrected chi connectivity index (χ3v) is 8.28. The van der Waals surface area contributed by atoms with Gasteiger partial charge >= 0.3 is 0 Å². The highest BCUT2D eigenvalue weighted by atomic mass is 32.1. The van der Waals surface area contributed by atoms with E-state index in [1.165, 1.54) is 26.6 Å². The number of allylic oxidation sites excluding steroid dienone is 2. The number of aromatic nitrogens is 2. The Kier molecular flexibility index (Phi) is 6.14. The summed E-state index contributed by atoms with van der Waals surface area (Å²) in [6.45, 7) is 13.5. The average molecular weight is 497 g/mol. The molecule has 4 heteroatoms. The van der Waals surface area contributed by atoms with E-state index in [0.717, 1.165) is 43.4 Å². The van der Waals surface area contributed by atoms with Crippen LogP contribution in [0, 0.1) is 10.4 Å². The van der Waals surface area contributed by atoms with Crippen molar-refractivity contribution in [2.75, 3.05) is 0 Å². The third-order valence-electron chi connectivity index (χ3n) is 6.69. The van der Waals surface area contributed by atoms with E-state index in [1.54, 1.807) is 11.3 Å². The van der Waals surface area contributed by atoms with Crippen LogP contribution in [-0.2, 0) is 5.41 Å². The molecule has 0 saturated carbocycles. The third kappa shape index (κ3) is 4.34. The van der Waals surface area contributed by atoms with Crippen molar-refractivity contribution in [3.05, 3.63) is 76.6 Å². The predicted molar refractivity (Wildman–Crippen MR) is 157 cm³/mol. The van der Waals surface area contributed by atoms with Gasteiger partial charge in [0, 0.05) is 15.6 Å². The summed E-state index contributed by atoms with van der Waals surface area (Å²) in [6.07, 6.45) is 5.19. The van der Waals surface area contributed by atoms with Crippen molar-refractivity contribution in [1.29, 1.82) is 0 Å². The van der Waals surface area contributed by atoms with Gasteiger partial charge in [0.05, 0.1) is 26.7 Å². The molecule has 0 aliphatic heterocycles. The quantitative estimate of drug-likeness (QED) is 0.251. The van der Waals surface area contributed by atoms with Gasteiger partial charge in [0.25, 0.3) is 0 Å². The van der Waals surface area contributed by atoms with Crippen LogP contribution in [0.3, 0.4) is 0 Å². The lowest BCUT2D eigenvalue weighted by molar-refractivity contribution is 0.596. The van der Waals surface area contributed by atoms with Gasteiger partial charge < -0.3 is 4.98 Å². The molecule has 2 aromatic heterocycles. The molecule has 2 heterocycles. The van der Waals surface area contributed by atoms with E-state index < -0.39 is 0 Å². The molecule has 0 saturated heterocycles. The number of H-pyrrole nitrogens is 1. The first-order valence-electron chi connectivity index (χ1n) is 12.3. The first kappa shape index (κ1) is 23.9. The molecule has 0 spiro atoms. The van der Waals surface area contributed by atoms with Crippen LogP contribution in [0.25, 0.3) is 47.9 Å². The molecule has 0 aliphatic rings. The molecular weight excluding hydrogens is 464 g/mol. The van der Waals surface area contributed by atoms with Gasteiger partial charge in [-0.3, -0.25) is 0 Å². The van der Waals surface area contributed by atoms with E-state index in [9.17, 15) is 0 Å². The van der Waals surface area contributed by atoms with Crippen molar-refractivity contribution < 1.29 is 0 Å². The molecule has 35 heavy (non-hydrogen) atoms. The summed E-state index contributed by atoms with van der Waals surface area (Å²) in [6, 6.07) is 17.7. The molecule has 0 radical (unpaired) electrons. The summed E-state index contributed by atoms with van der Waals surface area (Å²) < 4.78 is 3.28. The van der Waals surface area contributed by atoms with Crippen LogP contribution in [0.4, 0.5) is 0 Å². The number of hydrogen-bond donors (Lipinski definition) is 1. The Labute approximate surface area is 216 Å². The number of rotatable bonds is 4. The minimum Gasteiger partial charge on any atom is -0.345 e. The van der Waals surface area contributed by atoms with Crippen molar-refractivity contribution in [2.45, 2.75) is 53.4 Å². The van der Waals surface area contributed by atoms with Gasteiger partial charge in [0.1, 0.15) is 0 Å². The van der Waals surface area contributed by atoms with E-state index in [4.69, 9.17) is 17.2 Å².